The lowest BCUT2D eigenvalue weighted by Crippen LogP contribution is -2.40. The van der Waals surface area contributed by atoms with Crippen LogP contribution in [0.4, 0.5) is 0 Å². The molecule has 0 amide bonds. The number of ketones is 1. The Morgan fingerprint density at radius 3 is 2.36 bits per heavy atom. The number of hydrogen-bond donors (Lipinski definition) is 0. The van der Waals surface area contributed by atoms with Crippen molar-refractivity contribution in [3.05, 3.63) is 102 Å². The molecular weight excluding hydrogens is 372 g/mol. The zero-order valence-electron chi connectivity index (χ0n) is 15.0. The highest BCUT2D eigenvalue weighted by atomic mass is 32.2. The van der Waals surface area contributed by atoms with E-state index in [4.69, 9.17) is 0 Å². The summed E-state index contributed by atoms with van der Waals surface area (Å²) in [5.41, 5.74) is 1.85. The van der Waals surface area contributed by atoms with Gasteiger partial charge < -0.3 is 0 Å². The van der Waals surface area contributed by atoms with Crippen molar-refractivity contribution < 1.29 is 13.2 Å². The van der Waals surface area contributed by atoms with Crippen molar-refractivity contribution in [3.63, 3.8) is 0 Å². The molecule has 4 rings (SSSR count). The first-order valence-corrected chi connectivity index (χ1v) is 10.3. The molecule has 0 spiro atoms. The van der Waals surface area contributed by atoms with E-state index in [1.165, 1.54) is 10.4 Å². The van der Waals surface area contributed by atoms with Crippen LogP contribution in [0.25, 0.3) is 6.08 Å². The van der Waals surface area contributed by atoms with E-state index in [0.717, 1.165) is 5.56 Å². The van der Waals surface area contributed by atoms with Crippen LogP contribution in [0.15, 0.2) is 89.6 Å². The highest BCUT2D eigenvalue weighted by Crippen LogP contribution is 2.33. The van der Waals surface area contributed by atoms with Gasteiger partial charge in [-0.05, 0) is 42.3 Å². The molecule has 1 aliphatic heterocycles. The minimum atomic E-state index is -3.84. The van der Waals surface area contributed by atoms with Crippen molar-refractivity contribution in [2.24, 2.45) is 0 Å². The van der Waals surface area contributed by atoms with E-state index in [-0.39, 0.29) is 28.5 Å². The Morgan fingerprint density at radius 2 is 1.61 bits per heavy atom. The SMILES string of the molecule is O=C1C(=Cc2ccccn2)N(CCc2ccccc2)S(=O)(=O)c2ccccc21. The molecule has 1 aromatic heterocycles. The van der Waals surface area contributed by atoms with Gasteiger partial charge in [0, 0.05) is 18.3 Å². The van der Waals surface area contributed by atoms with Gasteiger partial charge in [0.05, 0.1) is 10.6 Å². The maximum absolute atomic E-state index is 13.3. The van der Waals surface area contributed by atoms with Crippen LogP contribution in [0.2, 0.25) is 0 Å². The molecule has 1 aliphatic rings. The van der Waals surface area contributed by atoms with Gasteiger partial charge in [0.2, 0.25) is 5.78 Å². The minimum Gasteiger partial charge on any atom is -0.287 e. The summed E-state index contributed by atoms with van der Waals surface area (Å²) in [4.78, 5) is 17.4. The third-order valence-electron chi connectivity index (χ3n) is 4.62. The number of carbonyl (C=O) groups is 1. The molecule has 2 heterocycles. The second-order valence-corrected chi connectivity index (χ2v) is 8.25. The summed E-state index contributed by atoms with van der Waals surface area (Å²) in [6.45, 7) is 0.172. The molecule has 6 heteroatoms. The van der Waals surface area contributed by atoms with Gasteiger partial charge in [-0.25, -0.2) is 8.42 Å². The van der Waals surface area contributed by atoms with Gasteiger partial charge in [-0.15, -0.1) is 0 Å². The summed E-state index contributed by atoms with van der Waals surface area (Å²) in [6, 6.07) is 21.2. The summed E-state index contributed by atoms with van der Waals surface area (Å²) >= 11 is 0. The molecule has 5 nitrogen and oxygen atoms in total. The minimum absolute atomic E-state index is 0.0474. The number of sulfonamides is 1. The second-order valence-electron chi connectivity index (χ2n) is 6.42. The van der Waals surface area contributed by atoms with E-state index in [1.54, 1.807) is 48.7 Å². The van der Waals surface area contributed by atoms with Crippen LogP contribution < -0.4 is 0 Å². The zero-order valence-corrected chi connectivity index (χ0v) is 15.8. The Kier molecular flexibility index (Phi) is 4.79. The molecule has 0 saturated heterocycles. The number of Topliss-reactive ketones (excluding diaryl/α,β-unsaturated/α-hetero) is 1. The summed E-state index contributed by atoms with van der Waals surface area (Å²) < 4.78 is 27.8. The molecular formula is C22H18N2O3S. The Morgan fingerprint density at radius 1 is 0.893 bits per heavy atom. The molecule has 0 unspecified atom stereocenters. The Balaban J connectivity index is 1.81. The number of allylic oxidation sites excluding steroid dienone is 1. The Labute approximate surface area is 164 Å². The van der Waals surface area contributed by atoms with E-state index in [9.17, 15) is 13.2 Å². The number of pyridine rings is 1. The molecule has 0 fully saturated rings. The van der Waals surface area contributed by atoms with E-state index < -0.39 is 10.0 Å². The number of hydrogen-bond acceptors (Lipinski definition) is 4. The molecule has 3 aromatic rings. The van der Waals surface area contributed by atoms with Crippen molar-refractivity contribution in [1.29, 1.82) is 0 Å². The number of benzene rings is 2. The van der Waals surface area contributed by atoms with Crippen LogP contribution in [-0.2, 0) is 16.4 Å². The average Bonchev–Trinajstić information content (AvgIpc) is 2.73. The molecule has 0 atom stereocenters. The van der Waals surface area contributed by atoms with Crippen LogP contribution >= 0.6 is 0 Å². The third kappa shape index (κ3) is 3.34. The lowest BCUT2D eigenvalue weighted by molar-refractivity contribution is 0.100. The number of carbonyl (C=O) groups excluding carboxylic acids is 1. The largest absolute Gasteiger partial charge is 0.287 e. The monoisotopic (exact) mass is 390 g/mol. The molecule has 0 aliphatic carbocycles. The lowest BCUT2D eigenvalue weighted by Gasteiger charge is -2.31. The highest BCUT2D eigenvalue weighted by Gasteiger charge is 2.38. The van der Waals surface area contributed by atoms with Crippen molar-refractivity contribution >= 4 is 21.9 Å². The molecule has 0 saturated carbocycles. The number of fused-ring (bicyclic) bond motifs is 1. The Bertz CT molecular complexity index is 1140. The maximum Gasteiger partial charge on any atom is 0.265 e. The van der Waals surface area contributed by atoms with Crippen LogP contribution in [0.5, 0.6) is 0 Å². The second kappa shape index (κ2) is 7.40. The van der Waals surface area contributed by atoms with Crippen LogP contribution in [0.3, 0.4) is 0 Å². The van der Waals surface area contributed by atoms with Gasteiger partial charge in [-0.3, -0.25) is 14.1 Å². The van der Waals surface area contributed by atoms with Crippen molar-refractivity contribution in [3.8, 4) is 0 Å². The first kappa shape index (κ1) is 18.1. The van der Waals surface area contributed by atoms with Gasteiger partial charge in [0.1, 0.15) is 5.70 Å². The fourth-order valence-corrected chi connectivity index (χ4v) is 4.89. The van der Waals surface area contributed by atoms with E-state index in [1.807, 2.05) is 30.3 Å². The number of aromatic nitrogens is 1. The topological polar surface area (TPSA) is 67.3 Å². The summed E-state index contributed by atoms with van der Waals surface area (Å²) in [7, 11) is -3.84. The van der Waals surface area contributed by atoms with Crippen LogP contribution in [0, 0.1) is 0 Å². The molecule has 0 bridgehead atoms. The van der Waals surface area contributed by atoms with Crippen LogP contribution in [-0.4, -0.2) is 30.0 Å². The van der Waals surface area contributed by atoms with Crippen molar-refractivity contribution in [2.75, 3.05) is 6.54 Å². The Hall–Kier alpha value is -3.25. The van der Waals surface area contributed by atoms with Gasteiger partial charge >= 0.3 is 0 Å². The first-order valence-electron chi connectivity index (χ1n) is 8.90. The maximum atomic E-state index is 13.3. The predicted octanol–water partition coefficient (Wildman–Crippen LogP) is 3.55. The lowest BCUT2D eigenvalue weighted by atomic mass is 10.1. The van der Waals surface area contributed by atoms with Gasteiger partial charge in [-0.1, -0.05) is 48.5 Å². The zero-order chi connectivity index (χ0) is 19.6. The quantitative estimate of drug-likeness (QED) is 0.639. The summed E-state index contributed by atoms with van der Waals surface area (Å²) in [6.07, 6.45) is 3.65. The van der Waals surface area contributed by atoms with Gasteiger partial charge in [-0.2, -0.15) is 0 Å². The third-order valence-corrected chi connectivity index (χ3v) is 6.49. The first-order chi connectivity index (χ1) is 13.6. The summed E-state index contributed by atoms with van der Waals surface area (Å²) in [5, 5.41) is 0. The van der Waals surface area contributed by atoms with Gasteiger partial charge in [0.25, 0.3) is 10.0 Å². The summed E-state index contributed by atoms with van der Waals surface area (Å²) in [5.74, 6) is -0.316. The normalized spacial score (nSPS) is 16.8. The number of rotatable bonds is 4. The molecule has 140 valence electrons. The van der Waals surface area contributed by atoms with E-state index in [2.05, 4.69) is 4.98 Å². The molecule has 0 radical (unpaired) electrons. The number of nitrogens with zero attached hydrogens (tertiary/aromatic N) is 2. The van der Waals surface area contributed by atoms with Crippen molar-refractivity contribution in [1.82, 2.24) is 9.29 Å². The smallest absolute Gasteiger partial charge is 0.265 e. The average molecular weight is 390 g/mol. The van der Waals surface area contributed by atoms with E-state index in [0.29, 0.717) is 12.1 Å². The van der Waals surface area contributed by atoms with E-state index >= 15 is 0 Å². The predicted molar refractivity (Wildman–Crippen MR) is 107 cm³/mol. The van der Waals surface area contributed by atoms with Gasteiger partial charge in [0.15, 0.2) is 0 Å². The highest BCUT2D eigenvalue weighted by molar-refractivity contribution is 7.89. The standard InChI is InChI=1S/C22H18N2O3S/c25-22-19-11-4-5-12-21(19)28(26,27)24(15-13-17-8-2-1-3-9-17)20(22)16-18-10-6-7-14-23-18/h1-12,14,16H,13,15H2. The van der Waals surface area contributed by atoms with Crippen molar-refractivity contribution in [2.45, 2.75) is 11.3 Å². The molecule has 28 heavy (non-hydrogen) atoms. The fourth-order valence-electron chi connectivity index (χ4n) is 3.23. The molecule has 0 N–H and O–H groups in total. The van der Waals surface area contributed by atoms with Crippen LogP contribution in [0.1, 0.15) is 21.6 Å². The molecule has 2 aromatic carbocycles. The fraction of sp³-hybridized carbons (Fsp3) is 0.0909.